The van der Waals surface area contributed by atoms with Crippen LogP contribution in [0.15, 0.2) is 24.3 Å². The van der Waals surface area contributed by atoms with E-state index in [0.717, 1.165) is 51.1 Å². The van der Waals surface area contributed by atoms with Crippen molar-refractivity contribution in [1.82, 2.24) is 20.0 Å². The number of nitrogens with one attached hydrogen (secondary N) is 1. The van der Waals surface area contributed by atoms with E-state index < -0.39 is 0 Å². The Labute approximate surface area is 168 Å². The van der Waals surface area contributed by atoms with Gasteiger partial charge < -0.3 is 10.2 Å². The molecule has 1 N–H and O–H groups in total. The third-order valence-electron chi connectivity index (χ3n) is 5.92. The van der Waals surface area contributed by atoms with Gasteiger partial charge in [0.05, 0.1) is 13.1 Å². The summed E-state index contributed by atoms with van der Waals surface area (Å²) >= 11 is 0. The Hall–Kier alpha value is -1.92. The van der Waals surface area contributed by atoms with Gasteiger partial charge in [-0.25, -0.2) is 0 Å². The summed E-state index contributed by atoms with van der Waals surface area (Å²) in [7, 11) is 0. The number of hydrogen-bond acceptors (Lipinski definition) is 4. The molecule has 0 spiro atoms. The average molecular weight is 387 g/mol. The molecule has 2 saturated heterocycles. The Morgan fingerprint density at radius 3 is 2.25 bits per heavy atom. The third kappa shape index (κ3) is 6.04. The fraction of sp³-hybridized carbons (Fsp3) is 0.636. The van der Waals surface area contributed by atoms with Crippen LogP contribution in [0.25, 0.3) is 0 Å². The van der Waals surface area contributed by atoms with E-state index in [-0.39, 0.29) is 11.8 Å². The summed E-state index contributed by atoms with van der Waals surface area (Å²) in [5, 5.41) is 3.00. The number of benzene rings is 1. The zero-order chi connectivity index (χ0) is 19.9. The largest absolute Gasteiger partial charge is 0.351 e. The summed E-state index contributed by atoms with van der Waals surface area (Å²) < 4.78 is 0. The normalized spacial score (nSPS) is 21.5. The fourth-order valence-corrected chi connectivity index (χ4v) is 4.02. The molecule has 2 aliphatic rings. The van der Waals surface area contributed by atoms with Gasteiger partial charge in [-0.1, -0.05) is 29.8 Å². The molecule has 2 aliphatic heterocycles. The molecule has 2 heterocycles. The second-order valence-electron chi connectivity index (χ2n) is 8.25. The van der Waals surface area contributed by atoms with Crippen molar-refractivity contribution >= 4 is 11.8 Å². The number of piperidine rings is 1. The Morgan fingerprint density at radius 1 is 0.964 bits per heavy atom. The van der Waals surface area contributed by atoms with Crippen molar-refractivity contribution in [3.63, 3.8) is 0 Å². The smallest absolute Gasteiger partial charge is 0.236 e. The molecular weight excluding hydrogens is 352 g/mol. The number of carbonyl (C=O) groups is 2. The van der Waals surface area contributed by atoms with Crippen molar-refractivity contribution in [2.75, 3.05) is 45.8 Å². The van der Waals surface area contributed by atoms with Crippen LogP contribution >= 0.6 is 0 Å². The van der Waals surface area contributed by atoms with Crippen LogP contribution in [0.3, 0.4) is 0 Å². The summed E-state index contributed by atoms with van der Waals surface area (Å²) in [4.78, 5) is 31.3. The van der Waals surface area contributed by atoms with Crippen LogP contribution in [0.5, 0.6) is 0 Å². The van der Waals surface area contributed by atoms with Crippen molar-refractivity contribution in [2.24, 2.45) is 0 Å². The van der Waals surface area contributed by atoms with Crippen molar-refractivity contribution in [3.05, 3.63) is 35.4 Å². The minimum absolute atomic E-state index is 0.0623. The van der Waals surface area contributed by atoms with Crippen LogP contribution in [0, 0.1) is 6.92 Å². The maximum absolute atomic E-state index is 12.6. The lowest BCUT2D eigenvalue weighted by atomic mass is 10.0. The number of piperazine rings is 1. The standard InChI is InChI=1S/C22H34N4O2/c1-18-6-8-20(9-7-18)15-23-21(27)16-24-11-13-25(14-12-24)17-22(28)26-10-4-3-5-19(26)2/h6-9,19H,3-5,10-17H2,1-2H3,(H,23,27). The van der Waals surface area contributed by atoms with E-state index in [1.807, 2.05) is 4.90 Å². The van der Waals surface area contributed by atoms with Gasteiger partial charge in [-0.05, 0) is 38.7 Å². The number of hydrogen-bond donors (Lipinski definition) is 1. The van der Waals surface area contributed by atoms with E-state index >= 15 is 0 Å². The molecule has 6 nitrogen and oxygen atoms in total. The van der Waals surface area contributed by atoms with E-state index in [1.54, 1.807) is 0 Å². The molecule has 2 amide bonds. The Morgan fingerprint density at radius 2 is 1.61 bits per heavy atom. The van der Waals surface area contributed by atoms with Crippen molar-refractivity contribution < 1.29 is 9.59 Å². The fourth-order valence-electron chi connectivity index (χ4n) is 4.02. The number of carbonyl (C=O) groups excluding carboxylic acids is 2. The van der Waals surface area contributed by atoms with Gasteiger partial charge in [-0.15, -0.1) is 0 Å². The lowest BCUT2D eigenvalue weighted by Gasteiger charge is -2.37. The molecule has 1 atom stereocenters. The van der Waals surface area contributed by atoms with Crippen molar-refractivity contribution in [3.8, 4) is 0 Å². The highest BCUT2D eigenvalue weighted by molar-refractivity contribution is 5.79. The summed E-state index contributed by atoms with van der Waals surface area (Å²) in [5.41, 5.74) is 2.34. The quantitative estimate of drug-likeness (QED) is 0.807. The molecule has 1 unspecified atom stereocenters. The van der Waals surface area contributed by atoms with Crippen LogP contribution in [0.4, 0.5) is 0 Å². The Kier molecular flexibility index (Phi) is 7.45. The topological polar surface area (TPSA) is 55.9 Å². The van der Waals surface area contributed by atoms with Gasteiger partial charge >= 0.3 is 0 Å². The molecule has 0 aliphatic carbocycles. The first-order chi connectivity index (χ1) is 13.5. The predicted octanol–water partition coefficient (Wildman–Crippen LogP) is 1.63. The molecule has 0 radical (unpaired) electrons. The maximum Gasteiger partial charge on any atom is 0.236 e. The Balaban J connectivity index is 1.35. The minimum atomic E-state index is 0.0623. The molecule has 0 aromatic heterocycles. The molecule has 3 rings (SSSR count). The van der Waals surface area contributed by atoms with Gasteiger partial charge in [0.15, 0.2) is 0 Å². The highest BCUT2D eigenvalue weighted by Gasteiger charge is 2.26. The lowest BCUT2D eigenvalue weighted by molar-refractivity contribution is -0.136. The SMILES string of the molecule is Cc1ccc(CNC(=O)CN2CCN(CC(=O)N3CCCCC3C)CC2)cc1. The average Bonchev–Trinajstić information content (AvgIpc) is 2.69. The third-order valence-corrected chi connectivity index (χ3v) is 5.92. The van der Waals surface area contributed by atoms with Crippen LogP contribution in [0.1, 0.15) is 37.3 Å². The molecule has 1 aromatic carbocycles. The summed E-state index contributed by atoms with van der Waals surface area (Å²) in [6.45, 7) is 9.99. The van der Waals surface area contributed by atoms with Gasteiger partial charge in [-0.3, -0.25) is 19.4 Å². The number of aryl methyl sites for hydroxylation is 1. The molecule has 154 valence electrons. The number of likely N-dealkylation sites (tertiary alicyclic amines) is 1. The Bertz CT molecular complexity index is 653. The predicted molar refractivity (Wildman–Crippen MR) is 111 cm³/mol. The second-order valence-corrected chi connectivity index (χ2v) is 8.25. The lowest BCUT2D eigenvalue weighted by Crippen LogP contribution is -2.53. The van der Waals surface area contributed by atoms with Crippen LogP contribution in [0.2, 0.25) is 0 Å². The summed E-state index contributed by atoms with van der Waals surface area (Å²) in [6, 6.07) is 8.60. The number of nitrogens with zero attached hydrogens (tertiary/aromatic N) is 3. The van der Waals surface area contributed by atoms with Crippen LogP contribution in [-0.2, 0) is 16.1 Å². The minimum Gasteiger partial charge on any atom is -0.351 e. The van der Waals surface area contributed by atoms with Gasteiger partial charge in [0.1, 0.15) is 0 Å². The zero-order valence-corrected chi connectivity index (χ0v) is 17.3. The number of rotatable bonds is 6. The van der Waals surface area contributed by atoms with Gasteiger partial charge in [0.25, 0.3) is 0 Å². The van der Waals surface area contributed by atoms with E-state index in [2.05, 4.69) is 53.2 Å². The number of amides is 2. The molecule has 2 fully saturated rings. The van der Waals surface area contributed by atoms with E-state index in [0.29, 0.717) is 25.7 Å². The maximum atomic E-state index is 12.6. The van der Waals surface area contributed by atoms with E-state index in [9.17, 15) is 9.59 Å². The summed E-state index contributed by atoms with van der Waals surface area (Å²) in [5.74, 6) is 0.323. The van der Waals surface area contributed by atoms with E-state index in [1.165, 1.54) is 12.0 Å². The first-order valence-corrected chi connectivity index (χ1v) is 10.6. The summed E-state index contributed by atoms with van der Waals surface area (Å²) in [6.07, 6.45) is 3.48. The van der Waals surface area contributed by atoms with Gasteiger partial charge in [-0.2, -0.15) is 0 Å². The van der Waals surface area contributed by atoms with Crippen molar-refractivity contribution in [2.45, 2.75) is 45.7 Å². The second kappa shape index (κ2) is 10.0. The highest BCUT2D eigenvalue weighted by atomic mass is 16.2. The van der Waals surface area contributed by atoms with Crippen LogP contribution < -0.4 is 5.32 Å². The van der Waals surface area contributed by atoms with Crippen molar-refractivity contribution in [1.29, 1.82) is 0 Å². The van der Waals surface area contributed by atoms with Gasteiger partial charge in [0.2, 0.25) is 11.8 Å². The molecular formula is C22H34N4O2. The van der Waals surface area contributed by atoms with Crippen LogP contribution in [-0.4, -0.2) is 78.4 Å². The van der Waals surface area contributed by atoms with E-state index in [4.69, 9.17) is 0 Å². The zero-order valence-electron chi connectivity index (χ0n) is 17.3. The highest BCUT2D eigenvalue weighted by Crippen LogP contribution is 2.17. The molecule has 1 aromatic rings. The van der Waals surface area contributed by atoms with Gasteiger partial charge in [0, 0.05) is 45.3 Å². The molecule has 0 saturated carbocycles. The first kappa shape index (κ1) is 20.8. The molecule has 6 heteroatoms. The molecule has 0 bridgehead atoms. The first-order valence-electron chi connectivity index (χ1n) is 10.6. The monoisotopic (exact) mass is 386 g/mol. The molecule has 28 heavy (non-hydrogen) atoms.